The Bertz CT molecular complexity index is 861. The number of aromatic nitrogens is 1. The molecule has 3 aromatic rings. The van der Waals surface area contributed by atoms with Gasteiger partial charge in [0.25, 0.3) is 5.91 Å². The first-order valence-corrected chi connectivity index (χ1v) is 7.91. The average molecular weight is 335 g/mol. The topological polar surface area (TPSA) is 54.0 Å². The Kier molecular flexibility index (Phi) is 5.04. The lowest BCUT2D eigenvalue weighted by Crippen LogP contribution is -2.12. The minimum absolute atomic E-state index is 0.293. The third kappa shape index (κ3) is 4.64. The summed E-state index contributed by atoms with van der Waals surface area (Å²) >= 11 is 0. The van der Waals surface area contributed by atoms with Crippen LogP contribution in [-0.4, -0.2) is 10.9 Å². The number of hydrogen-bond acceptors (Lipinski definition) is 3. The monoisotopic (exact) mass is 335 g/mol. The van der Waals surface area contributed by atoms with E-state index in [-0.39, 0.29) is 11.7 Å². The Morgan fingerprint density at radius 3 is 2.44 bits per heavy atom. The molecule has 5 heteroatoms. The number of pyridine rings is 1. The summed E-state index contributed by atoms with van der Waals surface area (Å²) in [5, 5.41) is 5.97. The highest BCUT2D eigenvalue weighted by Gasteiger charge is 2.08. The fourth-order valence-corrected chi connectivity index (χ4v) is 2.31. The van der Waals surface area contributed by atoms with Gasteiger partial charge in [-0.25, -0.2) is 4.39 Å². The van der Waals surface area contributed by atoms with Gasteiger partial charge in [0.1, 0.15) is 5.82 Å². The highest BCUT2D eigenvalue weighted by molar-refractivity contribution is 6.04. The summed E-state index contributed by atoms with van der Waals surface area (Å²) in [7, 11) is 0. The summed E-state index contributed by atoms with van der Waals surface area (Å²) < 4.78 is 12.9. The van der Waals surface area contributed by atoms with Crippen molar-refractivity contribution < 1.29 is 9.18 Å². The largest absolute Gasteiger partial charge is 0.380 e. The molecule has 0 atom stereocenters. The van der Waals surface area contributed by atoms with Crippen LogP contribution in [0.4, 0.5) is 15.8 Å². The van der Waals surface area contributed by atoms with E-state index in [1.54, 1.807) is 12.3 Å². The quantitative estimate of drug-likeness (QED) is 0.727. The second-order valence-electron chi connectivity index (χ2n) is 5.76. The van der Waals surface area contributed by atoms with Crippen molar-refractivity contribution in [1.82, 2.24) is 4.98 Å². The van der Waals surface area contributed by atoms with Crippen molar-refractivity contribution in [1.29, 1.82) is 0 Å². The SMILES string of the molecule is Cc1ccc(CNc2cncc(C(=O)Nc3ccc(F)cc3)c2)cc1. The Labute approximate surface area is 145 Å². The molecular formula is C20H18FN3O. The van der Waals surface area contributed by atoms with E-state index in [4.69, 9.17) is 0 Å². The Morgan fingerprint density at radius 2 is 1.72 bits per heavy atom. The zero-order valence-electron chi connectivity index (χ0n) is 13.8. The Morgan fingerprint density at radius 1 is 1.00 bits per heavy atom. The molecule has 4 nitrogen and oxygen atoms in total. The number of rotatable bonds is 5. The first kappa shape index (κ1) is 16.6. The van der Waals surface area contributed by atoms with Crippen LogP contribution in [0.5, 0.6) is 0 Å². The first-order valence-electron chi connectivity index (χ1n) is 7.91. The van der Waals surface area contributed by atoms with E-state index in [1.165, 1.54) is 36.0 Å². The smallest absolute Gasteiger partial charge is 0.257 e. The number of amides is 1. The molecule has 126 valence electrons. The summed E-state index contributed by atoms with van der Waals surface area (Å²) in [4.78, 5) is 16.4. The van der Waals surface area contributed by atoms with Crippen LogP contribution in [0.3, 0.4) is 0 Å². The maximum absolute atomic E-state index is 12.9. The van der Waals surface area contributed by atoms with Gasteiger partial charge in [-0.2, -0.15) is 0 Å². The third-order valence-corrected chi connectivity index (χ3v) is 3.72. The maximum atomic E-state index is 12.9. The fraction of sp³-hybridized carbons (Fsp3) is 0.100. The van der Waals surface area contributed by atoms with Gasteiger partial charge in [-0.1, -0.05) is 29.8 Å². The lowest BCUT2D eigenvalue weighted by atomic mass is 10.1. The van der Waals surface area contributed by atoms with Crippen LogP contribution in [0.25, 0.3) is 0 Å². The minimum atomic E-state index is -0.345. The zero-order chi connectivity index (χ0) is 17.6. The van der Waals surface area contributed by atoms with E-state index in [2.05, 4.69) is 39.9 Å². The molecule has 0 unspecified atom stereocenters. The van der Waals surface area contributed by atoms with Gasteiger partial charge in [0, 0.05) is 24.6 Å². The molecule has 0 bridgehead atoms. The predicted molar refractivity (Wildman–Crippen MR) is 97.1 cm³/mol. The third-order valence-electron chi connectivity index (χ3n) is 3.72. The van der Waals surface area contributed by atoms with Crippen LogP contribution >= 0.6 is 0 Å². The molecule has 2 aromatic carbocycles. The molecule has 1 amide bonds. The second kappa shape index (κ2) is 7.57. The highest BCUT2D eigenvalue weighted by atomic mass is 19.1. The van der Waals surface area contributed by atoms with E-state index < -0.39 is 0 Å². The molecule has 0 saturated heterocycles. The number of aryl methyl sites for hydroxylation is 1. The van der Waals surface area contributed by atoms with Gasteiger partial charge >= 0.3 is 0 Å². The van der Waals surface area contributed by atoms with Crippen LogP contribution in [0.2, 0.25) is 0 Å². The number of nitrogens with zero attached hydrogens (tertiary/aromatic N) is 1. The van der Waals surface area contributed by atoms with Crippen molar-refractivity contribution in [3.63, 3.8) is 0 Å². The molecule has 0 radical (unpaired) electrons. The summed E-state index contributed by atoms with van der Waals surface area (Å²) in [6, 6.07) is 15.6. The molecule has 1 aromatic heterocycles. The lowest BCUT2D eigenvalue weighted by molar-refractivity contribution is 0.102. The van der Waals surface area contributed by atoms with Gasteiger partial charge in [0.15, 0.2) is 0 Å². The fourth-order valence-electron chi connectivity index (χ4n) is 2.31. The number of hydrogen-bond donors (Lipinski definition) is 2. The van der Waals surface area contributed by atoms with Gasteiger partial charge < -0.3 is 10.6 Å². The molecule has 0 aliphatic rings. The van der Waals surface area contributed by atoms with Crippen molar-refractivity contribution in [3.05, 3.63) is 89.5 Å². The summed E-state index contributed by atoms with van der Waals surface area (Å²) in [6.45, 7) is 2.69. The van der Waals surface area contributed by atoms with Crippen LogP contribution in [0.1, 0.15) is 21.5 Å². The molecule has 3 rings (SSSR count). The zero-order valence-corrected chi connectivity index (χ0v) is 13.8. The molecule has 0 aliphatic heterocycles. The van der Waals surface area contributed by atoms with Crippen LogP contribution in [0.15, 0.2) is 67.0 Å². The minimum Gasteiger partial charge on any atom is -0.380 e. The number of anilines is 2. The molecule has 25 heavy (non-hydrogen) atoms. The molecule has 0 fully saturated rings. The first-order chi connectivity index (χ1) is 12.1. The molecule has 0 aliphatic carbocycles. The van der Waals surface area contributed by atoms with Crippen molar-refractivity contribution in [2.75, 3.05) is 10.6 Å². The van der Waals surface area contributed by atoms with Crippen molar-refractivity contribution >= 4 is 17.3 Å². The van der Waals surface area contributed by atoms with Crippen molar-refractivity contribution in [3.8, 4) is 0 Å². The summed E-state index contributed by atoms with van der Waals surface area (Å²) in [5.41, 5.74) is 4.08. The van der Waals surface area contributed by atoms with E-state index >= 15 is 0 Å². The highest BCUT2D eigenvalue weighted by Crippen LogP contribution is 2.14. The number of nitrogens with one attached hydrogen (secondary N) is 2. The van der Waals surface area contributed by atoms with Gasteiger partial charge in [0.2, 0.25) is 0 Å². The normalized spacial score (nSPS) is 10.3. The van der Waals surface area contributed by atoms with E-state index in [1.807, 2.05) is 6.92 Å². The average Bonchev–Trinajstić information content (AvgIpc) is 2.63. The summed E-state index contributed by atoms with van der Waals surface area (Å²) in [5.74, 6) is -0.639. The molecule has 0 spiro atoms. The standard InChI is InChI=1S/C20H18FN3O/c1-14-2-4-15(5-3-14)11-23-19-10-16(12-22-13-19)20(25)24-18-8-6-17(21)7-9-18/h2-10,12-13,23H,11H2,1H3,(H,24,25). The Balaban J connectivity index is 1.64. The van der Waals surface area contributed by atoms with Crippen LogP contribution < -0.4 is 10.6 Å². The molecular weight excluding hydrogens is 317 g/mol. The molecule has 0 saturated carbocycles. The van der Waals surface area contributed by atoms with Gasteiger partial charge in [-0.05, 0) is 42.8 Å². The van der Waals surface area contributed by atoms with E-state index in [0.717, 1.165) is 11.3 Å². The van der Waals surface area contributed by atoms with Crippen molar-refractivity contribution in [2.24, 2.45) is 0 Å². The Hall–Kier alpha value is -3.21. The van der Waals surface area contributed by atoms with Gasteiger partial charge in [-0.3, -0.25) is 9.78 Å². The number of halogens is 1. The number of carbonyl (C=O) groups excluding carboxylic acids is 1. The predicted octanol–water partition coefficient (Wildman–Crippen LogP) is 4.39. The number of carbonyl (C=O) groups is 1. The van der Waals surface area contributed by atoms with Gasteiger partial charge in [-0.15, -0.1) is 0 Å². The van der Waals surface area contributed by atoms with Crippen LogP contribution in [-0.2, 0) is 6.54 Å². The maximum Gasteiger partial charge on any atom is 0.257 e. The molecule has 1 heterocycles. The van der Waals surface area contributed by atoms with E-state index in [9.17, 15) is 9.18 Å². The van der Waals surface area contributed by atoms with Gasteiger partial charge in [0.05, 0.1) is 11.3 Å². The molecule has 2 N–H and O–H groups in total. The van der Waals surface area contributed by atoms with Crippen LogP contribution in [0, 0.1) is 12.7 Å². The second-order valence-corrected chi connectivity index (χ2v) is 5.76. The number of benzene rings is 2. The van der Waals surface area contributed by atoms with Crippen molar-refractivity contribution in [2.45, 2.75) is 13.5 Å². The van der Waals surface area contributed by atoms with E-state index in [0.29, 0.717) is 17.8 Å². The summed E-state index contributed by atoms with van der Waals surface area (Å²) in [6.07, 6.45) is 3.17. The lowest BCUT2D eigenvalue weighted by Gasteiger charge is -2.09.